The van der Waals surface area contributed by atoms with Crippen LogP contribution in [0.25, 0.3) is 28.0 Å². The van der Waals surface area contributed by atoms with Crippen molar-refractivity contribution in [3.8, 4) is 34.3 Å². The van der Waals surface area contributed by atoms with Gasteiger partial charge in [0, 0.05) is 48.8 Å². The summed E-state index contributed by atoms with van der Waals surface area (Å²) >= 11 is 6.45. The minimum atomic E-state index is 0.364. The van der Waals surface area contributed by atoms with Crippen LogP contribution < -0.4 is 9.64 Å². The monoisotopic (exact) mass is 487 g/mol. The summed E-state index contributed by atoms with van der Waals surface area (Å²) in [6.07, 6.45) is 7.59. The molecule has 0 radical (unpaired) electrons. The van der Waals surface area contributed by atoms with E-state index in [1.807, 2.05) is 28.8 Å². The van der Waals surface area contributed by atoms with Crippen molar-refractivity contribution in [2.24, 2.45) is 0 Å². The number of halogens is 1. The molecule has 1 saturated heterocycles. The third kappa shape index (κ3) is 4.29. The van der Waals surface area contributed by atoms with Gasteiger partial charge in [0.05, 0.1) is 30.0 Å². The number of nitriles is 1. The highest BCUT2D eigenvalue weighted by molar-refractivity contribution is 6.32. The third-order valence-electron chi connectivity index (χ3n) is 6.58. The Balaban J connectivity index is 1.70. The first-order valence-corrected chi connectivity index (χ1v) is 11.9. The first-order valence-electron chi connectivity index (χ1n) is 11.5. The molecule has 0 saturated carbocycles. The molecule has 0 spiro atoms. The Morgan fingerprint density at radius 2 is 1.86 bits per heavy atom. The molecule has 1 aromatic carbocycles. The molecule has 3 aromatic heterocycles. The molecule has 9 heteroatoms. The number of pyridine rings is 1. The number of hydrogen-bond donors (Lipinski definition) is 0. The van der Waals surface area contributed by atoms with Gasteiger partial charge in [-0.05, 0) is 45.1 Å². The average Bonchev–Trinajstić information content (AvgIpc) is 3.37. The molecule has 1 aliphatic heterocycles. The summed E-state index contributed by atoms with van der Waals surface area (Å²) in [7, 11) is 5.82. The maximum absolute atomic E-state index is 9.28. The highest BCUT2D eigenvalue weighted by Gasteiger charge is 2.26. The molecule has 0 bridgehead atoms. The lowest BCUT2D eigenvalue weighted by Gasteiger charge is -2.36. The molecular weight excluding hydrogens is 462 g/mol. The molecule has 35 heavy (non-hydrogen) atoms. The van der Waals surface area contributed by atoms with Crippen molar-refractivity contribution >= 4 is 23.2 Å². The molecule has 1 aliphatic rings. The summed E-state index contributed by atoms with van der Waals surface area (Å²) < 4.78 is 7.29. The van der Waals surface area contributed by atoms with Gasteiger partial charge in [-0.1, -0.05) is 23.7 Å². The van der Waals surface area contributed by atoms with Crippen molar-refractivity contribution in [1.82, 2.24) is 24.3 Å². The number of methoxy groups -OCH3 is 1. The third-order valence-corrected chi connectivity index (χ3v) is 6.85. The second-order valence-corrected chi connectivity index (χ2v) is 9.25. The van der Waals surface area contributed by atoms with Crippen LogP contribution in [0.1, 0.15) is 18.4 Å². The number of benzene rings is 1. The molecule has 0 amide bonds. The Kier molecular flexibility index (Phi) is 6.29. The highest BCUT2D eigenvalue weighted by atomic mass is 35.5. The van der Waals surface area contributed by atoms with Gasteiger partial charge in [0.2, 0.25) is 11.8 Å². The van der Waals surface area contributed by atoms with Crippen LogP contribution in [-0.4, -0.2) is 64.6 Å². The van der Waals surface area contributed by atoms with Crippen LogP contribution >= 0.6 is 11.6 Å². The Morgan fingerprint density at radius 1 is 1.11 bits per heavy atom. The Hall–Kier alpha value is -3.67. The van der Waals surface area contributed by atoms with Crippen LogP contribution in [0.3, 0.4) is 0 Å². The van der Waals surface area contributed by atoms with Gasteiger partial charge in [-0.25, -0.2) is 15.0 Å². The molecule has 8 nitrogen and oxygen atoms in total. The lowest BCUT2D eigenvalue weighted by molar-refractivity contribution is 0.249. The van der Waals surface area contributed by atoms with Gasteiger partial charge in [0.1, 0.15) is 10.7 Å². The molecule has 0 aliphatic carbocycles. The number of hydrogen-bond acceptors (Lipinski definition) is 7. The standard InChI is InChI=1S/C26H26ClN7O/c1-32(2)20-8-11-33(12-9-20)26-31-23(18-6-4-17(15-28)5-7-18)22(24-29-10-13-34(24)26)19-14-21(27)25(35-3)30-16-19/h4-7,10,13-14,16,20H,8-9,11-12H2,1-3H3. The quantitative estimate of drug-likeness (QED) is 0.409. The van der Waals surface area contributed by atoms with Crippen LogP contribution in [0.2, 0.25) is 5.02 Å². The van der Waals surface area contributed by atoms with E-state index in [4.69, 9.17) is 26.3 Å². The van der Waals surface area contributed by atoms with Crippen molar-refractivity contribution in [2.75, 3.05) is 39.2 Å². The fraction of sp³-hybridized carbons (Fsp3) is 0.308. The zero-order valence-electron chi connectivity index (χ0n) is 19.9. The van der Waals surface area contributed by atoms with Crippen molar-refractivity contribution < 1.29 is 4.74 Å². The van der Waals surface area contributed by atoms with Crippen molar-refractivity contribution in [3.05, 3.63) is 59.5 Å². The number of anilines is 1. The highest BCUT2D eigenvalue weighted by Crippen LogP contribution is 2.38. The van der Waals surface area contributed by atoms with Crippen molar-refractivity contribution in [2.45, 2.75) is 18.9 Å². The van der Waals surface area contributed by atoms with E-state index in [-0.39, 0.29) is 0 Å². The fourth-order valence-corrected chi connectivity index (χ4v) is 4.90. The van der Waals surface area contributed by atoms with E-state index in [2.05, 4.69) is 34.9 Å². The molecule has 4 heterocycles. The number of aromatic nitrogens is 4. The van der Waals surface area contributed by atoms with Gasteiger partial charge in [-0.2, -0.15) is 5.26 Å². The topological polar surface area (TPSA) is 82.6 Å². The van der Waals surface area contributed by atoms with Crippen molar-refractivity contribution in [1.29, 1.82) is 5.26 Å². The lowest BCUT2D eigenvalue weighted by Crippen LogP contribution is -2.43. The zero-order valence-corrected chi connectivity index (χ0v) is 20.7. The van der Waals surface area contributed by atoms with Crippen LogP contribution in [0.5, 0.6) is 5.88 Å². The van der Waals surface area contributed by atoms with E-state index in [1.165, 1.54) is 0 Å². The van der Waals surface area contributed by atoms with Gasteiger partial charge < -0.3 is 14.5 Å². The second-order valence-electron chi connectivity index (χ2n) is 8.84. The Labute approximate surface area is 209 Å². The molecule has 0 atom stereocenters. The summed E-state index contributed by atoms with van der Waals surface area (Å²) in [6, 6.07) is 12.0. The van der Waals surface area contributed by atoms with Gasteiger partial charge in [-0.3, -0.25) is 4.40 Å². The van der Waals surface area contributed by atoms with E-state index in [0.29, 0.717) is 22.5 Å². The number of rotatable bonds is 5. The van der Waals surface area contributed by atoms with Gasteiger partial charge in [0.25, 0.3) is 0 Å². The van der Waals surface area contributed by atoms with E-state index in [0.717, 1.165) is 59.9 Å². The molecular formula is C26H26ClN7O. The van der Waals surface area contributed by atoms with E-state index in [9.17, 15) is 5.26 Å². The molecule has 178 valence electrons. The molecule has 0 N–H and O–H groups in total. The first kappa shape index (κ1) is 23.1. The van der Waals surface area contributed by atoms with Gasteiger partial charge >= 0.3 is 0 Å². The zero-order chi connectivity index (χ0) is 24.5. The maximum Gasteiger partial charge on any atom is 0.232 e. The minimum absolute atomic E-state index is 0.364. The summed E-state index contributed by atoms with van der Waals surface area (Å²) in [4.78, 5) is 18.9. The van der Waals surface area contributed by atoms with E-state index in [1.54, 1.807) is 31.6 Å². The summed E-state index contributed by atoms with van der Waals surface area (Å²) in [6.45, 7) is 1.82. The molecule has 5 rings (SSSR count). The number of piperidine rings is 1. The molecule has 4 aromatic rings. The minimum Gasteiger partial charge on any atom is -0.480 e. The number of imidazole rings is 1. The van der Waals surface area contributed by atoms with Crippen LogP contribution in [0.15, 0.2) is 48.9 Å². The van der Waals surface area contributed by atoms with Crippen LogP contribution in [0.4, 0.5) is 5.95 Å². The number of nitrogens with zero attached hydrogens (tertiary/aromatic N) is 7. The maximum atomic E-state index is 9.28. The second kappa shape index (κ2) is 9.53. The average molecular weight is 488 g/mol. The first-order chi connectivity index (χ1) is 17.0. The van der Waals surface area contributed by atoms with Gasteiger partial charge in [0.15, 0.2) is 0 Å². The SMILES string of the molecule is COc1ncc(-c2c(-c3ccc(C#N)cc3)nc(N3CCC(N(C)C)CC3)n3ccnc23)cc1Cl. The Bertz CT molecular complexity index is 1400. The number of ether oxygens (including phenoxy) is 1. The number of fused-ring (bicyclic) bond motifs is 1. The Morgan fingerprint density at radius 3 is 2.49 bits per heavy atom. The smallest absolute Gasteiger partial charge is 0.232 e. The summed E-state index contributed by atoms with van der Waals surface area (Å²) in [5, 5.41) is 9.69. The summed E-state index contributed by atoms with van der Waals surface area (Å²) in [5.41, 5.74) is 4.63. The largest absolute Gasteiger partial charge is 0.480 e. The fourth-order valence-electron chi connectivity index (χ4n) is 4.66. The van der Waals surface area contributed by atoms with Gasteiger partial charge in [-0.15, -0.1) is 0 Å². The predicted octanol–water partition coefficient (Wildman–Crippen LogP) is 4.52. The van der Waals surface area contributed by atoms with Crippen LogP contribution in [0, 0.1) is 11.3 Å². The summed E-state index contributed by atoms with van der Waals surface area (Å²) in [5.74, 6) is 1.22. The predicted molar refractivity (Wildman–Crippen MR) is 137 cm³/mol. The molecule has 0 unspecified atom stereocenters. The normalized spacial score (nSPS) is 14.5. The van der Waals surface area contributed by atoms with E-state index < -0.39 is 0 Å². The van der Waals surface area contributed by atoms with E-state index >= 15 is 0 Å². The van der Waals surface area contributed by atoms with Crippen LogP contribution in [-0.2, 0) is 0 Å². The molecule has 1 fully saturated rings. The lowest BCUT2D eigenvalue weighted by atomic mass is 10.00. The van der Waals surface area contributed by atoms with Crippen molar-refractivity contribution in [3.63, 3.8) is 0 Å².